The fourth-order valence-corrected chi connectivity index (χ4v) is 2.78. The fraction of sp³-hybridized carbons (Fsp3) is 0.529. The van der Waals surface area contributed by atoms with Gasteiger partial charge >= 0.3 is 6.36 Å². The van der Waals surface area contributed by atoms with E-state index in [-0.39, 0.29) is 31.2 Å². The van der Waals surface area contributed by atoms with Gasteiger partial charge in [0.25, 0.3) is 0 Å². The van der Waals surface area contributed by atoms with Crippen molar-refractivity contribution in [1.82, 2.24) is 10.2 Å². The summed E-state index contributed by atoms with van der Waals surface area (Å²) >= 11 is 0. The van der Waals surface area contributed by atoms with Crippen molar-refractivity contribution in [3.05, 3.63) is 24.3 Å². The topological polar surface area (TPSA) is 61.9 Å². The summed E-state index contributed by atoms with van der Waals surface area (Å²) in [4.78, 5) is 27.6. The summed E-state index contributed by atoms with van der Waals surface area (Å²) in [5.41, 5.74) is 0.529. The van der Waals surface area contributed by atoms with Crippen LogP contribution in [0.5, 0.6) is 5.75 Å². The van der Waals surface area contributed by atoms with Crippen LogP contribution >= 0.6 is 0 Å². The molecule has 1 aromatic rings. The van der Waals surface area contributed by atoms with Crippen molar-refractivity contribution in [2.24, 2.45) is 0 Å². The molecular formula is C17H22F3N3O3. The predicted molar refractivity (Wildman–Crippen MR) is 89.8 cm³/mol. The summed E-state index contributed by atoms with van der Waals surface area (Å²) in [7, 11) is 0. The Morgan fingerprint density at radius 1 is 1.31 bits per heavy atom. The molecule has 9 heteroatoms. The maximum absolute atomic E-state index is 12.6. The third kappa shape index (κ3) is 5.53. The molecule has 0 spiro atoms. The normalized spacial score (nSPS) is 18.4. The third-order valence-electron chi connectivity index (χ3n) is 4.02. The number of piperazine rings is 1. The van der Waals surface area contributed by atoms with Crippen LogP contribution in [0.25, 0.3) is 0 Å². The minimum absolute atomic E-state index is 0.234. The molecule has 1 heterocycles. The molecule has 26 heavy (non-hydrogen) atoms. The average Bonchev–Trinajstić information content (AvgIpc) is 2.63. The molecule has 0 aromatic heterocycles. The monoisotopic (exact) mass is 376 g/mol. The van der Waals surface area contributed by atoms with Crippen molar-refractivity contribution in [3.63, 3.8) is 0 Å². The van der Waals surface area contributed by atoms with Gasteiger partial charge in [-0.1, -0.05) is 13.0 Å². The second-order valence-electron chi connectivity index (χ2n) is 5.79. The van der Waals surface area contributed by atoms with Crippen LogP contribution in [0.15, 0.2) is 24.3 Å². The van der Waals surface area contributed by atoms with Crippen LogP contribution in [0, 0.1) is 0 Å². The highest BCUT2D eigenvalue weighted by atomic mass is 19.4. The lowest BCUT2D eigenvalue weighted by Crippen LogP contribution is -2.54. The molecule has 1 N–H and O–H groups in total. The lowest BCUT2D eigenvalue weighted by atomic mass is 10.1. The number of carbonyl (C=O) groups excluding carboxylic acids is 2. The number of hydrogen-bond acceptors (Lipinski definition) is 4. The molecule has 1 aliphatic heterocycles. The van der Waals surface area contributed by atoms with E-state index in [1.807, 2.05) is 4.90 Å². The number of carbonyl (C=O) groups is 2. The lowest BCUT2D eigenvalue weighted by Gasteiger charge is -2.37. The zero-order chi connectivity index (χ0) is 21.8. The first-order valence-corrected chi connectivity index (χ1v) is 8.11. The second-order valence-corrected chi connectivity index (χ2v) is 5.79. The SMILES string of the molecule is [2H]C([2H])([2H])C(=O)N[C@H](CC)C(=O)N1CCN(c2cccc(OC(F)(F)F)c2)CC1. The fourth-order valence-electron chi connectivity index (χ4n) is 2.78. The molecule has 2 amide bonds. The maximum Gasteiger partial charge on any atom is 0.573 e. The highest BCUT2D eigenvalue weighted by Gasteiger charge is 2.31. The molecule has 0 aliphatic carbocycles. The van der Waals surface area contributed by atoms with Crippen LogP contribution in [-0.4, -0.2) is 55.3 Å². The lowest BCUT2D eigenvalue weighted by molar-refractivity contribution is -0.274. The molecule has 1 aliphatic rings. The van der Waals surface area contributed by atoms with Gasteiger partial charge in [0.15, 0.2) is 0 Å². The Balaban J connectivity index is 1.97. The molecule has 1 saturated heterocycles. The Bertz CT molecular complexity index is 736. The van der Waals surface area contributed by atoms with Crippen LogP contribution in [0.2, 0.25) is 0 Å². The van der Waals surface area contributed by atoms with Gasteiger partial charge in [-0.2, -0.15) is 0 Å². The Kier molecular flexibility index (Phi) is 5.03. The van der Waals surface area contributed by atoms with Crippen LogP contribution in [-0.2, 0) is 9.59 Å². The molecular weight excluding hydrogens is 351 g/mol. The maximum atomic E-state index is 12.6. The van der Waals surface area contributed by atoms with Gasteiger partial charge in [-0.3, -0.25) is 9.59 Å². The van der Waals surface area contributed by atoms with Crippen molar-refractivity contribution in [2.75, 3.05) is 31.1 Å². The van der Waals surface area contributed by atoms with E-state index in [4.69, 9.17) is 4.11 Å². The second kappa shape index (κ2) is 8.29. The summed E-state index contributed by atoms with van der Waals surface area (Å²) in [6.07, 6.45) is -4.55. The van der Waals surface area contributed by atoms with Crippen molar-refractivity contribution in [3.8, 4) is 5.75 Å². The van der Waals surface area contributed by atoms with Crippen molar-refractivity contribution >= 4 is 17.5 Å². The highest BCUT2D eigenvalue weighted by molar-refractivity contribution is 5.87. The largest absolute Gasteiger partial charge is 0.573 e. The molecule has 6 nitrogen and oxygen atoms in total. The van der Waals surface area contributed by atoms with Crippen molar-refractivity contribution in [2.45, 2.75) is 32.6 Å². The van der Waals surface area contributed by atoms with Gasteiger partial charge in [-0.25, -0.2) is 0 Å². The van der Waals surface area contributed by atoms with Crippen LogP contribution in [0.4, 0.5) is 18.9 Å². The van der Waals surface area contributed by atoms with Gasteiger partial charge in [0.1, 0.15) is 11.8 Å². The van der Waals surface area contributed by atoms with Gasteiger partial charge in [0, 0.05) is 48.9 Å². The molecule has 0 radical (unpaired) electrons. The Morgan fingerprint density at radius 3 is 2.58 bits per heavy atom. The number of rotatable bonds is 5. The van der Waals surface area contributed by atoms with E-state index >= 15 is 0 Å². The Hall–Kier alpha value is -2.45. The smallest absolute Gasteiger partial charge is 0.406 e. The molecule has 144 valence electrons. The number of alkyl halides is 3. The van der Waals surface area contributed by atoms with Gasteiger partial charge in [-0.15, -0.1) is 13.2 Å². The van der Waals surface area contributed by atoms with E-state index in [0.717, 1.165) is 0 Å². The van der Waals surface area contributed by atoms with E-state index in [2.05, 4.69) is 10.1 Å². The number of ether oxygens (including phenoxy) is 1. The third-order valence-corrected chi connectivity index (χ3v) is 4.02. The number of nitrogens with zero attached hydrogens (tertiary/aromatic N) is 2. The zero-order valence-electron chi connectivity index (χ0n) is 17.2. The number of anilines is 1. The standard InChI is InChI=1S/C17H22F3N3O3/c1-3-15(21-12(2)24)16(25)23-9-7-22(8-10-23)13-5-4-6-14(11-13)26-17(18,19)20/h4-6,11,15H,3,7-10H2,1-2H3,(H,21,24)/t15-/m1/s1/i2D3. The van der Waals surface area contributed by atoms with Gasteiger partial charge in [-0.05, 0) is 18.6 Å². The summed E-state index contributed by atoms with van der Waals surface area (Å²) in [5.74, 6) is -1.90. The van der Waals surface area contributed by atoms with Crippen LogP contribution < -0.4 is 15.0 Å². The molecule has 1 atom stereocenters. The quantitative estimate of drug-likeness (QED) is 0.856. The minimum atomic E-state index is -4.78. The molecule has 0 bridgehead atoms. The van der Waals surface area contributed by atoms with E-state index in [1.54, 1.807) is 13.0 Å². The van der Waals surface area contributed by atoms with E-state index in [0.29, 0.717) is 18.8 Å². The first-order valence-electron chi connectivity index (χ1n) is 9.61. The van der Waals surface area contributed by atoms with Gasteiger partial charge in [0.05, 0.1) is 0 Å². The summed E-state index contributed by atoms with van der Waals surface area (Å²) < 4.78 is 62.4. The number of amides is 2. The van der Waals surface area contributed by atoms with Crippen LogP contribution in [0.3, 0.4) is 0 Å². The molecule has 0 saturated carbocycles. The van der Waals surface area contributed by atoms with Gasteiger partial charge < -0.3 is 19.9 Å². The Labute approximate surface area is 154 Å². The number of halogens is 3. The van der Waals surface area contributed by atoms with Crippen molar-refractivity contribution in [1.29, 1.82) is 0 Å². The molecule has 2 rings (SSSR count). The summed E-state index contributed by atoms with van der Waals surface area (Å²) in [5, 5.41) is 2.25. The predicted octanol–water partition coefficient (Wildman–Crippen LogP) is 2.15. The minimum Gasteiger partial charge on any atom is -0.406 e. The molecule has 0 unspecified atom stereocenters. The van der Waals surface area contributed by atoms with Crippen LogP contribution in [0.1, 0.15) is 24.3 Å². The van der Waals surface area contributed by atoms with E-state index in [9.17, 15) is 22.8 Å². The zero-order valence-corrected chi connectivity index (χ0v) is 14.2. The summed E-state index contributed by atoms with van der Waals surface area (Å²) in [6.45, 7) is 0.114. The van der Waals surface area contributed by atoms with Crippen molar-refractivity contribution < 1.29 is 31.6 Å². The number of benzene rings is 1. The number of hydrogen-bond donors (Lipinski definition) is 1. The molecule has 1 fully saturated rings. The highest BCUT2D eigenvalue weighted by Crippen LogP contribution is 2.27. The summed E-state index contributed by atoms with van der Waals surface area (Å²) in [6, 6.07) is 4.63. The average molecular weight is 376 g/mol. The first-order chi connectivity index (χ1) is 13.4. The van der Waals surface area contributed by atoms with Gasteiger partial charge in [0.2, 0.25) is 11.8 Å². The van der Waals surface area contributed by atoms with E-state index < -0.39 is 25.2 Å². The molecule has 1 aromatic carbocycles. The first kappa shape index (κ1) is 15.8. The van der Waals surface area contributed by atoms with E-state index in [1.165, 1.54) is 23.1 Å². The Morgan fingerprint density at radius 2 is 2.00 bits per heavy atom. The number of nitrogens with one attached hydrogen (secondary N) is 1.